The minimum atomic E-state index is -1.30. The van der Waals surface area contributed by atoms with Gasteiger partial charge in [-0.1, -0.05) is 27.7 Å². The first kappa shape index (κ1) is 26.8. The lowest BCUT2D eigenvalue weighted by Gasteiger charge is -2.28. The molecule has 0 radical (unpaired) electrons. The number of aliphatic hydroxyl groups is 1. The van der Waals surface area contributed by atoms with Gasteiger partial charge >= 0.3 is 5.97 Å². The Morgan fingerprint density at radius 1 is 1.00 bits per heavy atom. The molecule has 3 amide bonds. The zero-order chi connectivity index (χ0) is 23.7. The van der Waals surface area contributed by atoms with Gasteiger partial charge in [-0.25, -0.2) is 4.79 Å². The van der Waals surface area contributed by atoms with Crippen molar-refractivity contribution in [1.29, 1.82) is 0 Å². The van der Waals surface area contributed by atoms with E-state index in [9.17, 15) is 24.3 Å². The molecule has 5 atom stereocenters. The van der Waals surface area contributed by atoms with E-state index in [1.807, 2.05) is 13.8 Å². The van der Waals surface area contributed by atoms with Gasteiger partial charge < -0.3 is 31.1 Å². The number of aliphatic hydroxyl groups excluding tert-OH is 1. The minimum absolute atomic E-state index is 0.105. The van der Waals surface area contributed by atoms with E-state index in [0.29, 0.717) is 12.8 Å². The van der Waals surface area contributed by atoms with Crippen LogP contribution in [0.5, 0.6) is 0 Å². The molecule has 0 aromatic heterocycles. The average Bonchev–Trinajstić information content (AvgIpc) is 3.22. The molecule has 5 N–H and O–H groups in total. The van der Waals surface area contributed by atoms with E-state index in [4.69, 9.17) is 4.74 Å². The molecule has 0 bridgehead atoms. The second-order valence-corrected chi connectivity index (χ2v) is 8.82. The van der Waals surface area contributed by atoms with Crippen molar-refractivity contribution in [2.75, 3.05) is 13.7 Å². The van der Waals surface area contributed by atoms with Crippen LogP contribution in [0.3, 0.4) is 0 Å². The van der Waals surface area contributed by atoms with Gasteiger partial charge in [-0.05, 0) is 44.6 Å². The molecular formula is C21H38N4O6. The van der Waals surface area contributed by atoms with E-state index < -0.39 is 42.0 Å². The summed E-state index contributed by atoms with van der Waals surface area (Å²) in [5.41, 5.74) is 0. The largest absolute Gasteiger partial charge is 0.467 e. The van der Waals surface area contributed by atoms with Crippen molar-refractivity contribution in [3.8, 4) is 0 Å². The van der Waals surface area contributed by atoms with Crippen LogP contribution in [0.25, 0.3) is 0 Å². The van der Waals surface area contributed by atoms with E-state index >= 15 is 0 Å². The van der Waals surface area contributed by atoms with Crippen molar-refractivity contribution in [3.63, 3.8) is 0 Å². The summed E-state index contributed by atoms with van der Waals surface area (Å²) >= 11 is 0. The molecule has 31 heavy (non-hydrogen) atoms. The lowest BCUT2D eigenvalue weighted by atomic mass is 10.0. The number of hydrogen-bond acceptors (Lipinski definition) is 7. The normalized spacial score (nSPS) is 20.0. The predicted molar refractivity (Wildman–Crippen MR) is 115 cm³/mol. The molecule has 0 unspecified atom stereocenters. The molecule has 0 spiro atoms. The van der Waals surface area contributed by atoms with Crippen molar-refractivity contribution >= 4 is 23.7 Å². The van der Waals surface area contributed by atoms with E-state index in [1.54, 1.807) is 13.8 Å². The monoisotopic (exact) mass is 442 g/mol. The number of methoxy groups -OCH3 is 1. The van der Waals surface area contributed by atoms with Crippen molar-refractivity contribution in [3.05, 3.63) is 0 Å². The lowest BCUT2D eigenvalue weighted by molar-refractivity contribution is -0.146. The van der Waals surface area contributed by atoms with Crippen LogP contribution in [0.2, 0.25) is 0 Å². The second kappa shape index (κ2) is 12.6. The summed E-state index contributed by atoms with van der Waals surface area (Å²) in [6.45, 7) is 9.46. The number of nitrogens with one attached hydrogen (secondary N) is 4. The summed E-state index contributed by atoms with van der Waals surface area (Å²) in [5.74, 6) is -2.30. The quantitative estimate of drug-likeness (QED) is 0.270. The number of ether oxygens (including phenoxy) is 1. The van der Waals surface area contributed by atoms with Crippen LogP contribution in [0, 0.1) is 11.8 Å². The predicted octanol–water partition coefficient (Wildman–Crippen LogP) is -0.551. The highest BCUT2D eigenvalue weighted by Crippen LogP contribution is 2.10. The topological polar surface area (TPSA) is 146 Å². The Kier molecular flexibility index (Phi) is 10.9. The van der Waals surface area contributed by atoms with Gasteiger partial charge in [0.2, 0.25) is 17.7 Å². The molecule has 1 saturated heterocycles. The Labute approximate surface area is 184 Å². The van der Waals surface area contributed by atoms with E-state index in [1.165, 1.54) is 14.0 Å². The van der Waals surface area contributed by atoms with Crippen LogP contribution in [0.15, 0.2) is 0 Å². The smallest absolute Gasteiger partial charge is 0.328 e. The van der Waals surface area contributed by atoms with Crippen molar-refractivity contribution in [1.82, 2.24) is 21.3 Å². The molecule has 1 aliphatic rings. The summed E-state index contributed by atoms with van der Waals surface area (Å²) in [6.07, 6.45) is 0.708. The molecule has 10 nitrogen and oxygen atoms in total. The Morgan fingerprint density at radius 3 is 2.06 bits per heavy atom. The summed E-state index contributed by atoms with van der Waals surface area (Å²) < 4.78 is 4.74. The number of rotatable bonds is 11. The Bertz CT molecular complexity index is 631. The Morgan fingerprint density at radius 2 is 1.61 bits per heavy atom. The highest BCUT2D eigenvalue weighted by Gasteiger charge is 2.34. The third-order valence-electron chi connectivity index (χ3n) is 5.20. The zero-order valence-corrected chi connectivity index (χ0v) is 19.4. The SMILES string of the molecule is COC(=O)[C@H](CC(C)C)NC(=O)[C@H](NC(=O)[C@H](NC(=O)[C@H]1CCCN1)C(C)C)[C@@H](C)O. The van der Waals surface area contributed by atoms with E-state index in [-0.39, 0.29) is 23.8 Å². The molecule has 0 aliphatic carbocycles. The Balaban J connectivity index is 2.87. The number of esters is 1. The maximum absolute atomic E-state index is 12.9. The maximum atomic E-state index is 12.9. The highest BCUT2D eigenvalue weighted by atomic mass is 16.5. The van der Waals surface area contributed by atoms with Crippen LogP contribution >= 0.6 is 0 Å². The van der Waals surface area contributed by atoms with Gasteiger partial charge in [0, 0.05) is 0 Å². The molecule has 0 saturated carbocycles. The van der Waals surface area contributed by atoms with Crippen LogP contribution in [0.4, 0.5) is 0 Å². The van der Waals surface area contributed by atoms with Crippen molar-refractivity contribution in [2.24, 2.45) is 11.8 Å². The molecule has 178 valence electrons. The molecular weight excluding hydrogens is 404 g/mol. The summed E-state index contributed by atoms with van der Waals surface area (Å²) in [5, 5.41) is 21.0. The maximum Gasteiger partial charge on any atom is 0.328 e. The molecule has 0 aromatic carbocycles. The van der Waals surface area contributed by atoms with Gasteiger partial charge in [-0.2, -0.15) is 0 Å². The van der Waals surface area contributed by atoms with Crippen molar-refractivity contribution < 1.29 is 29.0 Å². The van der Waals surface area contributed by atoms with Gasteiger partial charge in [0.05, 0.1) is 19.3 Å². The summed E-state index contributed by atoms with van der Waals surface area (Å²) in [6, 6.07) is -3.42. The number of carbonyl (C=O) groups excluding carboxylic acids is 4. The summed E-state index contributed by atoms with van der Waals surface area (Å²) in [4.78, 5) is 50.1. The fourth-order valence-electron chi connectivity index (χ4n) is 3.43. The number of carbonyl (C=O) groups is 4. The van der Waals surface area contributed by atoms with Crippen LogP contribution in [0.1, 0.15) is 53.9 Å². The van der Waals surface area contributed by atoms with Crippen LogP contribution in [-0.4, -0.2) is 72.7 Å². The van der Waals surface area contributed by atoms with Crippen LogP contribution in [-0.2, 0) is 23.9 Å². The number of amides is 3. The number of hydrogen-bond donors (Lipinski definition) is 5. The van der Waals surface area contributed by atoms with Gasteiger partial charge in [0.15, 0.2) is 0 Å². The fraction of sp³-hybridized carbons (Fsp3) is 0.810. The second-order valence-electron chi connectivity index (χ2n) is 8.82. The highest BCUT2D eigenvalue weighted by molar-refractivity contribution is 5.94. The van der Waals surface area contributed by atoms with Gasteiger partial charge in [0.1, 0.15) is 18.1 Å². The standard InChI is InChI=1S/C21H38N4O6/c1-11(2)10-15(21(30)31-6)23-20(29)17(13(5)26)25-19(28)16(12(3)4)24-18(27)14-8-7-9-22-14/h11-17,22,26H,7-10H2,1-6H3,(H,23,29)(H,24,27)(H,25,28)/t13-,14-,15+,16-,17-/m1/s1. The molecule has 1 rings (SSSR count). The fourth-order valence-corrected chi connectivity index (χ4v) is 3.43. The molecule has 1 fully saturated rings. The first-order chi connectivity index (χ1) is 14.5. The first-order valence-electron chi connectivity index (χ1n) is 10.9. The molecule has 10 heteroatoms. The van der Waals surface area contributed by atoms with E-state index in [0.717, 1.165) is 13.0 Å². The molecule has 1 aliphatic heterocycles. The third kappa shape index (κ3) is 8.45. The average molecular weight is 443 g/mol. The Hall–Kier alpha value is -2.20. The third-order valence-corrected chi connectivity index (χ3v) is 5.20. The van der Waals surface area contributed by atoms with Gasteiger partial charge in [-0.3, -0.25) is 14.4 Å². The van der Waals surface area contributed by atoms with Crippen LogP contribution < -0.4 is 21.3 Å². The summed E-state index contributed by atoms with van der Waals surface area (Å²) in [7, 11) is 1.23. The molecule has 1 heterocycles. The van der Waals surface area contributed by atoms with Gasteiger partial charge in [-0.15, -0.1) is 0 Å². The lowest BCUT2D eigenvalue weighted by Crippen LogP contribution is -2.60. The zero-order valence-electron chi connectivity index (χ0n) is 19.4. The first-order valence-corrected chi connectivity index (χ1v) is 10.9. The molecule has 0 aromatic rings. The minimum Gasteiger partial charge on any atom is -0.467 e. The van der Waals surface area contributed by atoms with Gasteiger partial charge in [0.25, 0.3) is 0 Å². The van der Waals surface area contributed by atoms with Crippen molar-refractivity contribution in [2.45, 2.75) is 84.2 Å². The van der Waals surface area contributed by atoms with E-state index in [2.05, 4.69) is 21.3 Å².